The van der Waals surface area contributed by atoms with Crippen molar-refractivity contribution in [2.75, 3.05) is 6.54 Å². The third-order valence-corrected chi connectivity index (χ3v) is 3.47. The van der Waals surface area contributed by atoms with Crippen LogP contribution in [0.2, 0.25) is 0 Å². The van der Waals surface area contributed by atoms with Crippen LogP contribution < -0.4 is 16.4 Å². The van der Waals surface area contributed by atoms with Crippen molar-refractivity contribution in [3.05, 3.63) is 0 Å². The minimum absolute atomic E-state index is 0.0924. The van der Waals surface area contributed by atoms with Gasteiger partial charge in [-0.05, 0) is 24.7 Å². The lowest BCUT2D eigenvalue weighted by molar-refractivity contribution is -0.142. The van der Waals surface area contributed by atoms with Gasteiger partial charge in [-0.15, -0.1) is 0 Å². The van der Waals surface area contributed by atoms with E-state index in [1.54, 1.807) is 0 Å². The maximum Gasteiger partial charge on any atom is 0.326 e. The quantitative estimate of drug-likeness (QED) is 0.543. The standard InChI is InChI=1S/C14H25N3O4/c1-14(2,3)7-9(15)12(19)17-10(13(20)21)6-8-4-5-16-11(8)18/h8-10H,4-7,15H2,1-3H3,(H,16,18)(H,17,19)(H,20,21)/t8-,9-,10-/m0/s1. The highest BCUT2D eigenvalue weighted by atomic mass is 16.4. The third kappa shape index (κ3) is 5.71. The molecule has 0 unspecified atom stereocenters. The Bertz CT molecular complexity index is 417. The van der Waals surface area contributed by atoms with Gasteiger partial charge in [0.05, 0.1) is 6.04 Å². The smallest absolute Gasteiger partial charge is 0.326 e. The molecule has 5 N–H and O–H groups in total. The van der Waals surface area contributed by atoms with E-state index >= 15 is 0 Å². The normalized spacial score (nSPS) is 21.5. The van der Waals surface area contributed by atoms with Gasteiger partial charge in [-0.2, -0.15) is 0 Å². The van der Waals surface area contributed by atoms with Crippen LogP contribution in [-0.4, -0.2) is 41.5 Å². The van der Waals surface area contributed by atoms with Gasteiger partial charge < -0.3 is 21.5 Å². The van der Waals surface area contributed by atoms with E-state index in [2.05, 4.69) is 10.6 Å². The second-order valence-corrected chi connectivity index (χ2v) is 6.78. The highest BCUT2D eigenvalue weighted by Gasteiger charge is 2.32. The molecule has 0 aromatic carbocycles. The zero-order valence-corrected chi connectivity index (χ0v) is 12.8. The van der Waals surface area contributed by atoms with Crippen molar-refractivity contribution in [2.24, 2.45) is 17.1 Å². The maximum atomic E-state index is 12.0. The van der Waals surface area contributed by atoms with Crippen LogP contribution in [0.1, 0.15) is 40.0 Å². The highest BCUT2D eigenvalue weighted by molar-refractivity contribution is 5.87. The summed E-state index contributed by atoms with van der Waals surface area (Å²) in [6.45, 7) is 6.42. The number of rotatable bonds is 6. The topological polar surface area (TPSA) is 122 Å². The van der Waals surface area contributed by atoms with Crippen molar-refractivity contribution in [1.29, 1.82) is 0 Å². The number of nitrogens with two attached hydrogens (primary N) is 1. The molecule has 3 atom stereocenters. The predicted molar refractivity (Wildman–Crippen MR) is 77.3 cm³/mol. The van der Waals surface area contributed by atoms with E-state index in [1.807, 2.05) is 20.8 Å². The van der Waals surface area contributed by atoms with E-state index in [9.17, 15) is 19.5 Å². The van der Waals surface area contributed by atoms with Gasteiger partial charge in [0.2, 0.25) is 11.8 Å². The third-order valence-electron chi connectivity index (χ3n) is 3.47. The predicted octanol–water partition coefficient (Wildman–Crippen LogP) is -0.154. The van der Waals surface area contributed by atoms with Crippen LogP contribution in [0.25, 0.3) is 0 Å². The first kappa shape index (κ1) is 17.4. The maximum absolute atomic E-state index is 12.0. The SMILES string of the molecule is CC(C)(C)C[C@H](N)C(=O)N[C@@H](C[C@@H]1CCNC1=O)C(=O)O. The van der Waals surface area contributed by atoms with Gasteiger partial charge in [0, 0.05) is 12.5 Å². The second-order valence-electron chi connectivity index (χ2n) is 6.78. The van der Waals surface area contributed by atoms with Gasteiger partial charge in [-0.1, -0.05) is 20.8 Å². The molecule has 7 heteroatoms. The lowest BCUT2D eigenvalue weighted by Crippen LogP contribution is -2.50. The fourth-order valence-electron chi connectivity index (χ4n) is 2.41. The Morgan fingerprint density at radius 2 is 2.10 bits per heavy atom. The molecule has 1 aliphatic heterocycles. The summed E-state index contributed by atoms with van der Waals surface area (Å²) in [4.78, 5) is 34.7. The van der Waals surface area contributed by atoms with Crippen molar-refractivity contribution in [2.45, 2.75) is 52.1 Å². The van der Waals surface area contributed by atoms with Crippen molar-refractivity contribution in [3.63, 3.8) is 0 Å². The minimum atomic E-state index is -1.15. The van der Waals surface area contributed by atoms with Crippen molar-refractivity contribution in [3.8, 4) is 0 Å². The zero-order valence-electron chi connectivity index (χ0n) is 12.8. The summed E-state index contributed by atoms with van der Waals surface area (Å²) in [6, 6.07) is -1.85. The molecule has 1 fully saturated rings. The number of nitrogens with one attached hydrogen (secondary N) is 2. The molecule has 120 valence electrons. The number of carboxylic acid groups (broad SMARTS) is 1. The van der Waals surface area contributed by atoms with Gasteiger partial charge in [0.1, 0.15) is 6.04 Å². The van der Waals surface area contributed by atoms with Gasteiger partial charge in [0.25, 0.3) is 0 Å². The Hall–Kier alpha value is -1.63. The minimum Gasteiger partial charge on any atom is -0.480 e. The first-order valence-corrected chi connectivity index (χ1v) is 7.16. The molecule has 0 spiro atoms. The number of carbonyl (C=O) groups is 3. The lowest BCUT2D eigenvalue weighted by Gasteiger charge is -2.24. The first-order chi connectivity index (χ1) is 9.60. The van der Waals surface area contributed by atoms with Crippen LogP contribution in [-0.2, 0) is 14.4 Å². The summed E-state index contributed by atoms with van der Waals surface area (Å²) in [7, 11) is 0. The number of hydrogen-bond donors (Lipinski definition) is 4. The van der Waals surface area contributed by atoms with Crippen LogP contribution in [0, 0.1) is 11.3 Å². The Balaban J connectivity index is 2.59. The Morgan fingerprint density at radius 3 is 2.52 bits per heavy atom. The van der Waals surface area contributed by atoms with Crippen molar-refractivity contribution >= 4 is 17.8 Å². The van der Waals surface area contributed by atoms with Crippen LogP contribution in [0.5, 0.6) is 0 Å². The Labute approximate surface area is 124 Å². The molecule has 1 rings (SSSR count). The molecule has 0 aromatic heterocycles. The molecule has 0 aromatic rings. The number of hydrogen-bond acceptors (Lipinski definition) is 4. The average Bonchev–Trinajstić information content (AvgIpc) is 2.71. The summed E-state index contributed by atoms with van der Waals surface area (Å²) in [6.07, 6.45) is 1.14. The molecule has 1 saturated heterocycles. The van der Waals surface area contributed by atoms with Gasteiger partial charge in [0.15, 0.2) is 0 Å². The van der Waals surface area contributed by atoms with E-state index in [-0.39, 0.29) is 23.7 Å². The number of carbonyl (C=O) groups excluding carboxylic acids is 2. The molecule has 0 aliphatic carbocycles. The number of aliphatic carboxylic acids is 1. The molecule has 21 heavy (non-hydrogen) atoms. The van der Waals surface area contributed by atoms with Gasteiger partial charge >= 0.3 is 5.97 Å². The molecule has 2 amide bonds. The van der Waals surface area contributed by atoms with Crippen LogP contribution in [0.15, 0.2) is 0 Å². The first-order valence-electron chi connectivity index (χ1n) is 7.16. The zero-order chi connectivity index (χ0) is 16.2. The average molecular weight is 299 g/mol. The molecular weight excluding hydrogens is 274 g/mol. The molecule has 0 bridgehead atoms. The largest absolute Gasteiger partial charge is 0.480 e. The molecule has 1 aliphatic rings. The monoisotopic (exact) mass is 299 g/mol. The van der Waals surface area contributed by atoms with Crippen LogP contribution in [0.4, 0.5) is 0 Å². The fraction of sp³-hybridized carbons (Fsp3) is 0.786. The summed E-state index contributed by atoms with van der Waals surface area (Å²) >= 11 is 0. The molecule has 0 saturated carbocycles. The molecular formula is C14H25N3O4. The molecule has 0 radical (unpaired) electrons. The highest BCUT2D eigenvalue weighted by Crippen LogP contribution is 2.20. The fourth-order valence-corrected chi connectivity index (χ4v) is 2.41. The van der Waals surface area contributed by atoms with Crippen molar-refractivity contribution < 1.29 is 19.5 Å². The molecule has 7 nitrogen and oxygen atoms in total. The van der Waals surface area contributed by atoms with E-state index in [0.29, 0.717) is 19.4 Å². The Kier molecular flexibility index (Phi) is 5.71. The van der Waals surface area contributed by atoms with Crippen LogP contribution in [0.3, 0.4) is 0 Å². The number of amides is 2. The Morgan fingerprint density at radius 1 is 1.48 bits per heavy atom. The summed E-state index contributed by atoms with van der Waals surface area (Å²) < 4.78 is 0. The lowest BCUT2D eigenvalue weighted by atomic mass is 9.88. The number of carboxylic acids is 1. The van der Waals surface area contributed by atoms with E-state index < -0.39 is 24.0 Å². The second kappa shape index (κ2) is 6.89. The molecule has 1 heterocycles. The van der Waals surface area contributed by atoms with Crippen LogP contribution >= 0.6 is 0 Å². The summed E-state index contributed by atoms with van der Waals surface area (Å²) in [5.41, 5.74) is 5.68. The van der Waals surface area contributed by atoms with Gasteiger partial charge in [-0.3, -0.25) is 9.59 Å². The summed E-state index contributed by atoms with van der Waals surface area (Å²) in [5, 5.41) is 14.3. The summed E-state index contributed by atoms with van der Waals surface area (Å²) in [5.74, 6) is -2.17. The van der Waals surface area contributed by atoms with E-state index in [0.717, 1.165) is 0 Å². The van der Waals surface area contributed by atoms with E-state index in [4.69, 9.17) is 5.73 Å². The van der Waals surface area contributed by atoms with E-state index in [1.165, 1.54) is 0 Å². The van der Waals surface area contributed by atoms with Gasteiger partial charge in [-0.25, -0.2) is 4.79 Å². The van der Waals surface area contributed by atoms with Crippen molar-refractivity contribution in [1.82, 2.24) is 10.6 Å².